The van der Waals surface area contributed by atoms with Crippen molar-refractivity contribution < 1.29 is 18.6 Å². The van der Waals surface area contributed by atoms with Crippen LogP contribution < -0.4 is 0 Å². The number of hydrogen-bond acceptors (Lipinski definition) is 3. The van der Waals surface area contributed by atoms with Crippen molar-refractivity contribution in [2.24, 2.45) is 11.8 Å². The molecule has 5 heterocycles. The number of ether oxygens (including phenoxy) is 2. The largest absolute Gasteiger partial charge is 0.440 e. The van der Waals surface area contributed by atoms with Crippen LogP contribution in [0.1, 0.15) is 53.9 Å². The van der Waals surface area contributed by atoms with Crippen LogP contribution in [0.25, 0.3) is 0 Å². The van der Waals surface area contributed by atoms with Crippen molar-refractivity contribution in [2.45, 2.75) is 83.8 Å². The molecule has 5 aliphatic heterocycles. The van der Waals surface area contributed by atoms with Gasteiger partial charge in [0.15, 0.2) is 13.2 Å². The highest BCUT2D eigenvalue weighted by molar-refractivity contribution is 5.85. The molecule has 4 atom stereocenters. The Balaban J connectivity index is 1.70. The minimum absolute atomic E-state index is 0.114. The molecule has 0 aromatic heterocycles. The highest BCUT2D eigenvalue weighted by Crippen LogP contribution is 2.48. The summed E-state index contributed by atoms with van der Waals surface area (Å²) in [6.07, 6.45) is 3.70. The summed E-state index contributed by atoms with van der Waals surface area (Å²) in [4.78, 5) is 2.73. The quantitative estimate of drug-likeness (QED) is 0.722. The Bertz CT molecular complexity index is 601. The van der Waals surface area contributed by atoms with E-state index in [9.17, 15) is 0 Å². The van der Waals surface area contributed by atoms with E-state index in [1.165, 1.54) is 31.1 Å². The van der Waals surface area contributed by atoms with E-state index in [-0.39, 0.29) is 5.79 Å². The van der Waals surface area contributed by atoms with Gasteiger partial charge in [-0.3, -0.25) is 0 Å². The maximum absolute atomic E-state index is 6.31. The smallest absolute Gasteiger partial charge is 0.422 e. The van der Waals surface area contributed by atoms with Crippen LogP contribution in [-0.2, 0) is 9.47 Å². The molecule has 0 spiro atoms. The van der Waals surface area contributed by atoms with Crippen LogP contribution in [0.3, 0.4) is 0 Å². The number of fused-ring (bicyclic) bond motifs is 4. The first-order valence-electron chi connectivity index (χ1n) is 9.82. The normalized spacial score (nSPS) is 43.5. The van der Waals surface area contributed by atoms with E-state index >= 15 is 0 Å². The Morgan fingerprint density at radius 1 is 0.917 bits per heavy atom. The molecule has 0 aromatic carbocycles. The van der Waals surface area contributed by atoms with Gasteiger partial charge in [-0.05, 0) is 19.3 Å². The van der Waals surface area contributed by atoms with Crippen molar-refractivity contribution in [3.05, 3.63) is 0 Å². The van der Waals surface area contributed by atoms with Crippen molar-refractivity contribution in [1.29, 1.82) is 0 Å². The topological polar surface area (TPSA) is 27.7 Å². The fraction of sp³-hybridized carbons (Fsp3) is 0.895. The van der Waals surface area contributed by atoms with Crippen LogP contribution in [-0.4, -0.2) is 69.0 Å². The molecule has 0 amide bonds. The summed E-state index contributed by atoms with van der Waals surface area (Å²) >= 11 is 0. The van der Waals surface area contributed by atoms with Crippen molar-refractivity contribution in [3.63, 3.8) is 0 Å². The lowest BCUT2D eigenvalue weighted by atomic mass is 9.96. The Morgan fingerprint density at radius 2 is 1.38 bits per heavy atom. The van der Waals surface area contributed by atoms with Gasteiger partial charge in [-0.1, -0.05) is 27.7 Å². The average molecular weight is 333 g/mol. The zero-order chi connectivity index (χ0) is 16.8. The van der Waals surface area contributed by atoms with Crippen LogP contribution in [0.2, 0.25) is 0 Å². The highest BCUT2D eigenvalue weighted by atomic mass is 16.5. The third-order valence-corrected chi connectivity index (χ3v) is 7.08. The van der Waals surface area contributed by atoms with Crippen molar-refractivity contribution in [3.8, 4) is 0 Å². The minimum Gasteiger partial charge on any atom is -0.440 e. The molecular formula is C19H31N3O2+2. The summed E-state index contributed by atoms with van der Waals surface area (Å²) in [5.74, 6) is 3.55. The molecular weight excluding hydrogens is 302 g/mol. The van der Waals surface area contributed by atoms with Gasteiger partial charge in [0.25, 0.3) is 0 Å². The van der Waals surface area contributed by atoms with Gasteiger partial charge in [0.05, 0.1) is 6.92 Å². The molecule has 5 rings (SSSR count). The molecule has 1 fully saturated rings. The third kappa shape index (κ3) is 1.56. The molecule has 0 saturated carbocycles. The average Bonchev–Trinajstić information content (AvgIpc) is 3.24. The lowest BCUT2D eigenvalue weighted by Gasteiger charge is -2.34. The molecule has 0 aromatic rings. The summed E-state index contributed by atoms with van der Waals surface area (Å²) in [6.45, 7) is 13.4. The van der Waals surface area contributed by atoms with Crippen LogP contribution >= 0.6 is 0 Å². The molecule has 0 N–H and O–H groups in total. The lowest BCUT2D eigenvalue weighted by molar-refractivity contribution is -0.857. The van der Waals surface area contributed by atoms with Gasteiger partial charge >= 0.3 is 17.6 Å². The van der Waals surface area contributed by atoms with Gasteiger partial charge in [-0.2, -0.15) is 0 Å². The SMILES string of the molecule is CC(C)[C@H]1COC2=[N+]1C1(C)N3C2CCCC3C2=[N+]1[C@@H](C(C)C)CO2. The number of hydrogen-bond donors (Lipinski definition) is 0. The summed E-state index contributed by atoms with van der Waals surface area (Å²) in [5, 5.41) is 0. The van der Waals surface area contributed by atoms with Crippen molar-refractivity contribution in [2.75, 3.05) is 13.2 Å². The minimum atomic E-state index is -0.114. The van der Waals surface area contributed by atoms with Gasteiger partial charge in [0, 0.05) is 11.8 Å². The van der Waals surface area contributed by atoms with E-state index in [2.05, 4.69) is 48.7 Å². The monoisotopic (exact) mass is 333 g/mol. The van der Waals surface area contributed by atoms with E-state index in [1.807, 2.05) is 0 Å². The first-order valence-corrected chi connectivity index (χ1v) is 9.82. The Labute approximate surface area is 144 Å². The second-order valence-corrected chi connectivity index (χ2v) is 9.00. The van der Waals surface area contributed by atoms with Gasteiger partial charge < -0.3 is 9.47 Å². The van der Waals surface area contributed by atoms with Crippen LogP contribution in [0.4, 0.5) is 0 Å². The van der Waals surface area contributed by atoms with E-state index < -0.39 is 0 Å². The second kappa shape index (κ2) is 4.75. The van der Waals surface area contributed by atoms with Crippen LogP contribution in [0.15, 0.2) is 0 Å². The molecule has 2 unspecified atom stereocenters. The number of nitrogens with zero attached hydrogens (tertiary/aromatic N) is 3. The first kappa shape index (κ1) is 15.2. The van der Waals surface area contributed by atoms with Crippen LogP contribution in [0, 0.1) is 11.8 Å². The Hall–Kier alpha value is -1.10. The van der Waals surface area contributed by atoms with Crippen molar-refractivity contribution in [1.82, 2.24) is 4.90 Å². The summed E-state index contributed by atoms with van der Waals surface area (Å²) < 4.78 is 17.9. The standard InChI is InChI=1S/C19H31N3O2/c1-11(2)15-9-23-17-13-7-6-8-14-18-22(16(10-24-18)12(3)4)19(5,20(13)14)21(15)17/h11-16H,6-10H2,1-5H3/q+2/t13?,14?,15-,16-,19?/m1/s1. The van der Waals surface area contributed by atoms with Crippen molar-refractivity contribution >= 4 is 11.8 Å². The fourth-order valence-corrected chi connectivity index (χ4v) is 5.94. The van der Waals surface area contributed by atoms with E-state index in [0.29, 0.717) is 36.0 Å². The predicted octanol–water partition coefficient (Wildman–Crippen LogP) is 1.84. The second-order valence-electron chi connectivity index (χ2n) is 9.00. The number of piperidine rings is 1. The molecule has 5 aliphatic rings. The zero-order valence-electron chi connectivity index (χ0n) is 15.7. The molecule has 1 saturated heterocycles. The Kier molecular flexibility index (Phi) is 3.00. The summed E-state index contributed by atoms with van der Waals surface area (Å²) in [6, 6.07) is 1.80. The molecule has 0 aliphatic carbocycles. The Morgan fingerprint density at radius 3 is 1.79 bits per heavy atom. The first-order chi connectivity index (χ1) is 11.5. The van der Waals surface area contributed by atoms with E-state index in [0.717, 1.165) is 13.2 Å². The molecule has 0 radical (unpaired) electrons. The number of rotatable bonds is 2. The highest BCUT2D eigenvalue weighted by Gasteiger charge is 2.79. The van der Waals surface area contributed by atoms with Gasteiger partial charge in [0.2, 0.25) is 12.1 Å². The molecule has 24 heavy (non-hydrogen) atoms. The zero-order valence-corrected chi connectivity index (χ0v) is 15.7. The predicted molar refractivity (Wildman–Crippen MR) is 91.4 cm³/mol. The third-order valence-electron chi connectivity index (χ3n) is 7.08. The van der Waals surface area contributed by atoms with Gasteiger partial charge in [-0.15, -0.1) is 14.1 Å². The maximum atomic E-state index is 6.31. The molecule has 5 nitrogen and oxygen atoms in total. The lowest BCUT2D eigenvalue weighted by Crippen LogP contribution is -2.63. The maximum Gasteiger partial charge on any atom is 0.422 e. The van der Waals surface area contributed by atoms with Gasteiger partial charge in [-0.25, -0.2) is 0 Å². The molecule has 132 valence electrons. The summed E-state index contributed by atoms with van der Waals surface area (Å²) in [5.41, 5.74) is 0. The fourth-order valence-electron chi connectivity index (χ4n) is 5.94. The molecule has 0 bridgehead atoms. The summed E-state index contributed by atoms with van der Waals surface area (Å²) in [7, 11) is 0. The molecule has 5 heteroatoms. The van der Waals surface area contributed by atoms with E-state index in [1.54, 1.807) is 0 Å². The van der Waals surface area contributed by atoms with Gasteiger partial charge in [0.1, 0.15) is 12.1 Å². The van der Waals surface area contributed by atoms with Crippen LogP contribution in [0.5, 0.6) is 0 Å². The van der Waals surface area contributed by atoms with E-state index in [4.69, 9.17) is 9.47 Å².